The van der Waals surface area contributed by atoms with Crippen molar-refractivity contribution in [3.8, 4) is 5.88 Å². The zero-order valence-electron chi connectivity index (χ0n) is 15.1. The van der Waals surface area contributed by atoms with Crippen LogP contribution in [0.4, 0.5) is 4.79 Å². The van der Waals surface area contributed by atoms with Crippen molar-refractivity contribution in [1.82, 2.24) is 15.2 Å². The Morgan fingerprint density at radius 2 is 2.11 bits per heavy atom. The van der Waals surface area contributed by atoms with E-state index < -0.39 is 5.91 Å². The molecule has 1 saturated heterocycles. The quantitative estimate of drug-likeness (QED) is 0.739. The first-order valence-corrected chi connectivity index (χ1v) is 9.14. The molecule has 8 heteroatoms. The molecule has 0 bridgehead atoms. The number of primary amides is 1. The third-order valence-corrected chi connectivity index (χ3v) is 5.01. The molecule has 1 aliphatic heterocycles. The minimum atomic E-state index is -0.587. The SMILES string of the molecule is C=CC[C@@H]1CC(=O)N([C@H]2CC[C@H](Oc3ncccc3C(N)=O)CC2)C(=O)N1. The molecule has 3 N–H and O–H groups in total. The average molecular weight is 372 g/mol. The van der Waals surface area contributed by atoms with Gasteiger partial charge in [-0.15, -0.1) is 6.58 Å². The van der Waals surface area contributed by atoms with Crippen molar-refractivity contribution in [2.75, 3.05) is 0 Å². The number of rotatable bonds is 6. The molecule has 2 heterocycles. The van der Waals surface area contributed by atoms with Crippen LogP contribution in [0.3, 0.4) is 0 Å². The van der Waals surface area contributed by atoms with Crippen molar-refractivity contribution in [2.24, 2.45) is 5.73 Å². The minimum Gasteiger partial charge on any atom is -0.474 e. The normalized spacial score (nSPS) is 25.6. The summed E-state index contributed by atoms with van der Waals surface area (Å²) in [5.41, 5.74) is 5.60. The van der Waals surface area contributed by atoms with Gasteiger partial charge in [-0.2, -0.15) is 0 Å². The lowest BCUT2D eigenvalue weighted by atomic mass is 9.91. The molecule has 0 aromatic carbocycles. The summed E-state index contributed by atoms with van der Waals surface area (Å²) >= 11 is 0. The number of hydrogen-bond acceptors (Lipinski definition) is 5. The maximum Gasteiger partial charge on any atom is 0.324 e. The van der Waals surface area contributed by atoms with Gasteiger partial charge in [0.05, 0.1) is 0 Å². The molecule has 27 heavy (non-hydrogen) atoms. The van der Waals surface area contributed by atoms with Crippen LogP contribution >= 0.6 is 0 Å². The molecular formula is C19H24N4O4. The number of amides is 4. The predicted molar refractivity (Wildman–Crippen MR) is 98.0 cm³/mol. The molecule has 144 valence electrons. The van der Waals surface area contributed by atoms with Crippen LogP contribution in [-0.2, 0) is 4.79 Å². The van der Waals surface area contributed by atoms with Crippen LogP contribution in [0.5, 0.6) is 5.88 Å². The van der Waals surface area contributed by atoms with Crippen LogP contribution in [0.1, 0.15) is 48.9 Å². The number of urea groups is 1. The topological polar surface area (TPSA) is 115 Å². The van der Waals surface area contributed by atoms with E-state index in [2.05, 4.69) is 16.9 Å². The van der Waals surface area contributed by atoms with Gasteiger partial charge in [0.25, 0.3) is 5.91 Å². The van der Waals surface area contributed by atoms with Crippen molar-refractivity contribution < 1.29 is 19.1 Å². The van der Waals surface area contributed by atoms with E-state index in [-0.39, 0.29) is 41.6 Å². The second-order valence-electron chi connectivity index (χ2n) is 6.91. The average Bonchev–Trinajstić information content (AvgIpc) is 2.63. The molecule has 0 spiro atoms. The van der Waals surface area contributed by atoms with Gasteiger partial charge < -0.3 is 15.8 Å². The smallest absolute Gasteiger partial charge is 0.324 e. The van der Waals surface area contributed by atoms with Crippen LogP contribution in [0.2, 0.25) is 0 Å². The van der Waals surface area contributed by atoms with E-state index in [1.165, 1.54) is 4.90 Å². The number of imide groups is 1. The highest BCUT2D eigenvalue weighted by atomic mass is 16.5. The molecule has 4 amide bonds. The van der Waals surface area contributed by atoms with E-state index in [0.29, 0.717) is 38.5 Å². The predicted octanol–water partition coefficient (Wildman–Crippen LogP) is 1.76. The minimum absolute atomic E-state index is 0.134. The Bertz CT molecular complexity index is 725. The van der Waals surface area contributed by atoms with E-state index in [1.807, 2.05) is 0 Å². The van der Waals surface area contributed by atoms with Crippen LogP contribution in [-0.4, -0.2) is 45.9 Å². The fourth-order valence-corrected chi connectivity index (χ4v) is 3.68. The molecule has 2 fully saturated rings. The molecule has 1 saturated carbocycles. The van der Waals surface area contributed by atoms with Gasteiger partial charge in [-0.1, -0.05) is 6.08 Å². The summed E-state index contributed by atoms with van der Waals surface area (Å²) in [7, 11) is 0. The lowest BCUT2D eigenvalue weighted by Crippen LogP contribution is -2.58. The first-order valence-electron chi connectivity index (χ1n) is 9.14. The highest BCUT2D eigenvalue weighted by Crippen LogP contribution is 2.29. The maximum absolute atomic E-state index is 12.4. The van der Waals surface area contributed by atoms with Gasteiger partial charge in [-0.05, 0) is 44.2 Å². The van der Waals surface area contributed by atoms with Gasteiger partial charge in [-0.25, -0.2) is 9.78 Å². The highest BCUT2D eigenvalue weighted by molar-refractivity contribution is 5.97. The molecule has 1 aromatic rings. The van der Waals surface area contributed by atoms with Crippen molar-refractivity contribution in [3.63, 3.8) is 0 Å². The number of aromatic nitrogens is 1. The van der Waals surface area contributed by atoms with Crippen molar-refractivity contribution in [3.05, 3.63) is 36.5 Å². The standard InChI is InChI=1S/C19H24N4O4/c1-2-4-12-11-16(24)23(19(26)22-12)13-6-8-14(9-7-13)27-18-15(17(20)25)5-3-10-21-18/h2-3,5,10,12-14H,1,4,6-9,11H2,(H2,20,25)(H,22,26)/t12-,13-,14-/m1/s1. The zero-order valence-corrected chi connectivity index (χ0v) is 15.1. The fraction of sp³-hybridized carbons (Fsp3) is 0.474. The molecule has 8 nitrogen and oxygen atoms in total. The number of nitrogens with zero attached hydrogens (tertiary/aromatic N) is 2. The zero-order chi connectivity index (χ0) is 19.4. The third kappa shape index (κ3) is 4.27. The van der Waals surface area contributed by atoms with Crippen LogP contribution < -0.4 is 15.8 Å². The Balaban J connectivity index is 1.58. The highest BCUT2D eigenvalue weighted by Gasteiger charge is 2.38. The molecule has 0 radical (unpaired) electrons. The van der Waals surface area contributed by atoms with Crippen LogP contribution in [0.15, 0.2) is 31.0 Å². The number of hydrogen-bond donors (Lipinski definition) is 2. The van der Waals surface area contributed by atoms with Gasteiger partial charge in [0.2, 0.25) is 11.8 Å². The van der Waals surface area contributed by atoms with Gasteiger partial charge in [0.1, 0.15) is 11.7 Å². The van der Waals surface area contributed by atoms with E-state index >= 15 is 0 Å². The molecule has 1 atom stereocenters. The van der Waals surface area contributed by atoms with E-state index in [9.17, 15) is 14.4 Å². The van der Waals surface area contributed by atoms with Gasteiger partial charge in [0, 0.05) is 24.7 Å². The Morgan fingerprint density at radius 3 is 2.74 bits per heavy atom. The Hall–Kier alpha value is -2.90. The number of nitrogens with two attached hydrogens (primary N) is 1. The molecule has 3 rings (SSSR count). The van der Waals surface area contributed by atoms with Crippen LogP contribution in [0.25, 0.3) is 0 Å². The molecule has 0 unspecified atom stereocenters. The number of pyridine rings is 1. The third-order valence-electron chi connectivity index (χ3n) is 5.01. The number of carbonyl (C=O) groups is 3. The van der Waals surface area contributed by atoms with Crippen molar-refractivity contribution in [1.29, 1.82) is 0 Å². The largest absolute Gasteiger partial charge is 0.474 e. The lowest BCUT2D eigenvalue weighted by Gasteiger charge is -2.39. The Labute approximate surface area is 157 Å². The number of carbonyl (C=O) groups excluding carboxylic acids is 3. The van der Waals surface area contributed by atoms with Crippen molar-refractivity contribution in [2.45, 2.75) is 56.7 Å². The summed E-state index contributed by atoms with van der Waals surface area (Å²) in [6.45, 7) is 3.65. The fourth-order valence-electron chi connectivity index (χ4n) is 3.68. The summed E-state index contributed by atoms with van der Waals surface area (Å²) in [6.07, 6.45) is 6.61. The summed E-state index contributed by atoms with van der Waals surface area (Å²) in [6, 6.07) is 2.57. The van der Waals surface area contributed by atoms with E-state index in [0.717, 1.165) is 0 Å². The summed E-state index contributed by atoms with van der Waals surface area (Å²) in [4.78, 5) is 41.7. The van der Waals surface area contributed by atoms with Crippen molar-refractivity contribution >= 4 is 17.8 Å². The molecule has 1 aliphatic carbocycles. The number of nitrogens with one attached hydrogen (secondary N) is 1. The first kappa shape index (κ1) is 18.9. The lowest BCUT2D eigenvalue weighted by molar-refractivity contribution is -0.133. The molecular weight excluding hydrogens is 348 g/mol. The molecule has 2 aliphatic rings. The van der Waals surface area contributed by atoms with Crippen LogP contribution in [0, 0.1) is 0 Å². The van der Waals surface area contributed by atoms with Gasteiger partial charge in [0.15, 0.2) is 0 Å². The van der Waals surface area contributed by atoms with Gasteiger partial charge in [-0.3, -0.25) is 14.5 Å². The van der Waals surface area contributed by atoms with Gasteiger partial charge >= 0.3 is 6.03 Å². The Morgan fingerprint density at radius 1 is 1.37 bits per heavy atom. The van der Waals surface area contributed by atoms with E-state index in [4.69, 9.17) is 10.5 Å². The summed E-state index contributed by atoms with van der Waals surface area (Å²) < 4.78 is 5.86. The second-order valence-corrected chi connectivity index (χ2v) is 6.91. The molecule has 1 aromatic heterocycles. The number of ether oxygens (including phenoxy) is 1. The maximum atomic E-state index is 12.4. The first-order chi connectivity index (χ1) is 13.0. The van der Waals surface area contributed by atoms with E-state index in [1.54, 1.807) is 24.4 Å². The second kappa shape index (κ2) is 8.20. The Kier molecular flexibility index (Phi) is 5.73. The monoisotopic (exact) mass is 372 g/mol. The summed E-state index contributed by atoms with van der Waals surface area (Å²) in [5.74, 6) is -0.500. The summed E-state index contributed by atoms with van der Waals surface area (Å²) in [5, 5.41) is 2.87.